The Morgan fingerprint density at radius 3 is 2.76 bits per heavy atom. The second-order valence-corrected chi connectivity index (χ2v) is 5.71. The highest BCUT2D eigenvalue weighted by Gasteiger charge is 2.28. The second-order valence-electron chi connectivity index (χ2n) is 5.71. The van der Waals surface area contributed by atoms with Crippen LogP contribution in [0, 0.1) is 5.82 Å². The van der Waals surface area contributed by atoms with E-state index in [1.165, 1.54) is 6.07 Å². The van der Waals surface area contributed by atoms with Crippen LogP contribution in [-0.4, -0.2) is 42.8 Å². The highest BCUT2D eigenvalue weighted by Crippen LogP contribution is 2.23. The monoisotopic (exact) mass is 295 g/mol. The Morgan fingerprint density at radius 2 is 2.24 bits per heavy atom. The van der Waals surface area contributed by atoms with Crippen molar-refractivity contribution in [3.8, 4) is 0 Å². The van der Waals surface area contributed by atoms with Gasteiger partial charge < -0.3 is 20.6 Å². The van der Waals surface area contributed by atoms with Gasteiger partial charge in [-0.3, -0.25) is 4.79 Å². The molecule has 0 radical (unpaired) electrons. The van der Waals surface area contributed by atoms with Crippen molar-refractivity contribution in [3.05, 3.63) is 24.0 Å². The predicted molar refractivity (Wildman–Crippen MR) is 81.0 cm³/mol. The van der Waals surface area contributed by atoms with Crippen LogP contribution in [0.1, 0.15) is 20.3 Å². The van der Waals surface area contributed by atoms with Crippen molar-refractivity contribution in [2.75, 3.05) is 23.8 Å². The topological polar surface area (TPSA) is 64.6 Å². The maximum absolute atomic E-state index is 14.1. The van der Waals surface area contributed by atoms with Crippen LogP contribution < -0.4 is 15.5 Å². The van der Waals surface area contributed by atoms with E-state index < -0.39 is 12.1 Å². The van der Waals surface area contributed by atoms with Crippen molar-refractivity contribution in [2.24, 2.45) is 0 Å². The van der Waals surface area contributed by atoms with Crippen LogP contribution in [0.5, 0.6) is 0 Å². The van der Waals surface area contributed by atoms with E-state index in [0.717, 1.165) is 0 Å². The molecule has 2 unspecified atom stereocenters. The number of carbonyl (C=O) groups is 1. The maximum Gasteiger partial charge on any atom is 0.241 e. The number of amides is 1. The molecule has 0 spiro atoms. The Hall–Kier alpha value is -1.66. The molecule has 1 heterocycles. The van der Waals surface area contributed by atoms with Crippen molar-refractivity contribution in [2.45, 2.75) is 38.5 Å². The van der Waals surface area contributed by atoms with Crippen molar-refractivity contribution in [3.63, 3.8) is 0 Å². The van der Waals surface area contributed by atoms with Gasteiger partial charge in [0.1, 0.15) is 5.82 Å². The normalized spacial score (nSPS) is 21.6. The molecule has 6 heteroatoms. The molecule has 3 N–H and O–H groups in total. The van der Waals surface area contributed by atoms with E-state index in [9.17, 15) is 14.3 Å². The average molecular weight is 295 g/mol. The zero-order chi connectivity index (χ0) is 15.6. The summed E-state index contributed by atoms with van der Waals surface area (Å²) in [6.07, 6.45) is -0.123. The highest BCUT2D eigenvalue weighted by atomic mass is 19.1. The number of β-amino-alcohol motifs (C(OH)–C–C–N with tert-alkyl or cyclic N) is 1. The Balaban J connectivity index is 2.05. The van der Waals surface area contributed by atoms with Crippen LogP contribution in [0.15, 0.2) is 18.2 Å². The maximum atomic E-state index is 14.1. The third-order valence-corrected chi connectivity index (χ3v) is 3.79. The van der Waals surface area contributed by atoms with Gasteiger partial charge in [0.25, 0.3) is 0 Å². The lowest BCUT2D eigenvalue weighted by Crippen LogP contribution is -2.35. The summed E-state index contributed by atoms with van der Waals surface area (Å²) in [7, 11) is 1.82. The molecule has 1 fully saturated rings. The van der Waals surface area contributed by atoms with Gasteiger partial charge in [0.15, 0.2) is 0 Å². The Kier molecular flexibility index (Phi) is 4.80. The Labute approximate surface area is 124 Å². The fourth-order valence-corrected chi connectivity index (χ4v) is 2.30. The molecule has 1 aliphatic rings. The largest absolute Gasteiger partial charge is 0.392 e. The van der Waals surface area contributed by atoms with Gasteiger partial charge in [-0.25, -0.2) is 4.39 Å². The zero-order valence-electron chi connectivity index (χ0n) is 12.6. The fourth-order valence-electron chi connectivity index (χ4n) is 2.30. The van der Waals surface area contributed by atoms with Crippen molar-refractivity contribution < 1.29 is 14.3 Å². The first kappa shape index (κ1) is 15.7. The van der Waals surface area contributed by atoms with Gasteiger partial charge in [-0.1, -0.05) is 0 Å². The summed E-state index contributed by atoms with van der Waals surface area (Å²) < 4.78 is 14.1. The number of halogens is 1. The van der Waals surface area contributed by atoms with Gasteiger partial charge >= 0.3 is 0 Å². The zero-order valence-corrected chi connectivity index (χ0v) is 12.6. The molecule has 116 valence electrons. The molecule has 21 heavy (non-hydrogen) atoms. The molecule has 2 rings (SSSR count). The van der Waals surface area contributed by atoms with E-state index in [4.69, 9.17) is 0 Å². The molecular weight excluding hydrogens is 273 g/mol. The van der Waals surface area contributed by atoms with Crippen LogP contribution in [0.4, 0.5) is 15.8 Å². The molecule has 0 aromatic heterocycles. The predicted octanol–water partition coefficient (Wildman–Crippen LogP) is 1.33. The molecule has 1 saturated heterocycles. The summed E-state index contributed by atoms with van der Waals surface area (Å²) in [4.78, 5) is 13.8. The van der Waals surface area contributed by atoms with E-state index in [1.807, 2.05) is 25.8 Å². The third kappa shape index (κ3) is 3.71. The number of benzene rings is 1. The molecule has 0 bridgehead atoms. The quantitative estimate of drug-likeness (QED) is 0.784. The van der Waals surface area contributed by atoms with Crippen LogP contribution in [0.3, 0.4) is 0 Å². The van der Waals surface area contributed by atoms with E-state index in [2.05, 4.69) is 10.6 Å². The number of nitrogens with one attached hydrogen (secondary N) is 2. The average Bonchev–Trinajstić information content (AvgIpc) is 2.85. The van der Waals surface area contributed by atoms with Crippen molar-refractivity contribution in [1.82, 2.24) is 5.32 Å². The molecule has 1 aliphatic heterocycles. The summed E-state index contributed by atoms with van der Waals surface area (Å²) in [5.74, 6) is -0.626. The molecule has 1 amide bonds. The van der Waals surface area contributed by atoms with E-state index in [1.54, 1.807) is 12.1 Å². The van der Waals surface area contributed by atoms with E-state index >= 15 is 0 Å². The molecule has 5 nitrogen and oxygen atoms in total. The molecule has 0 saturated carbocycles. The number of hydrogen-bond acceptors (Lipinski definition) is 4. The smallest absolute Gasteiger partial charge is 0.241 e. The van der Waals surface area contributed by atoms with Crippen molar-refractivity contribution >= 4 is 17.3 Å². The van der Waals surface area contributed by atoms with E-state index in [0.29, 0.717) is 24.3 Å². The number of aliphatic hydroxyl groups excluding tert-OH is 1. The Bertz CT molecular complexity index is 522. The Morgan fingerprint density at radius 1 is 1.52 bits per heavy atom. The molecule has 0 aliphatic carbocycles. The van der Waals surface area contributed by atoms with Crippen LogP contribution in [0.2, 0.25) is 0 Å². The molecule has 1 aromatic carbocycles. The van der Waals surface area contributed by atoms with Gasteiger partial charge in [0.2, 0.25) is 5.91 Å². The number of carbonyl (C=O) groups excluding carboxylic acids is 1. The minimum absolute atomic E-state index is 0.184. The lowest BCUT2D eigenvalue weighted by molar-refractivity contribution is -0.117. The summed E-state index contributed by atoms with van der Waals surface area (Å²) >= 11 is 0. The first-order valence-electron chi connectivity index (χ1n) is 7.13. The van der Waals surface area contributed by atoms with Gasteiger partial charge in [-0.05, 0) is 38.5 Å². The number of aliphatic hydroxyl groups is 1. The molecule has 2 atom stereocenters. The SMILES string of the molecule is CC(C)N(C)c1ccc(NC(=O)C2CC(O)CN2)cc1F. The minimum atomic E-state index is -0.500. The van der Waals surface area contributed by atoms with E-state index in [-0.39, 0.29) is 17.8 Å². The van der Waals surface area contributed by atoms with Gasteiger partial charge in [-0.2, -0.15) is 0 Å². The van der Waals surface area contributed by atoms with Crippen LogP contribution >= 0.6 is 0 Å². The van der Waals surface area contributed by atoms with Crippen LogP contribution in [-0.2, 0) is 4.79 Å². The highest BCUT2D eigenvalue weighted by molar-refractivity contribution is 5.95. The fraction of sp³-hybridized carbons (Fsp3) is 0.533. The van der Waals surface area contributed by atoms with Gasteiger partial charge in [0, 0.05) is 25.3 Å². The van der Waals surface area contributed by atoms with Gasteiger partial charge in [-0.15, -0.1) is 0 Å². The van der Waals surface area contributed by atoms with Crippen molar-refractivity contribution in [1.29, 1.82) is 0 Å². The first-order chi connectivity index (χ1) is 9.88. The van der Waals surface area contributed by atoms with Crippen LogP contribution in [0.25, 0.3) is 0 Å². The van der Waals surface area contributed by atoms with Gasteiger partial charge in [0.05, 0.1) is 17.8 Å². The standard InChI is InChI=1S/C15H22FN3O2/c1-9(2)19(3)14-5-4-10(6-12(14)16)18-15(21)13-7-11(20)8-17-13/h4-6,9,11,13,17,20H,7-8H2,1-3H3,(H,18,21). The number of rotatable bonds is 4. The molecular formula is C15H22FN3O2. The number of hydrogen-bond donors (Lipinski definition) is 3. The summed E-state index contributed by atoms with van der Waals surface area (Å²) in [5.41, 5.74) is 0.916. The summed E-state index contributed by atoms with van der Waals surface area (Å²) in [5, 5.41) is 15.0. The first-order valence-corrected chi connectivity index (χ1v) is 7.13. The minimum Gasteiger partial charge on any atom is -0.392 e. The second kappa shape index (κ2) is 6.41. The molecule has 1 aromatic rings. The lowest BCUT2D eigenvalue weighted by Gasteiger charge is -2.24. The third-order valence-electron chi connectivity index (χ3n) is 3.79. The number of nitrogens with zero attached hydrogens (tertiary/aromatic N) is 1. The number of anilines is 2. The summed E-state index contributed by atoms with van der Waals surface area (Å²) in [6, 6.07) is 4.41. The summed E-state index contributed by atoms with van der Waals surface area (Å²) in [6.45, 7) is 4.36. The lowest BCUT2D eigenvalue weighted by atomic mass is 10.2.